The topological polar surface area (TPSA) is 44.8 Å². The molecule has 1 atom stereocenters. The molecule has 0 fully saturated rings. The second kappa shape index (κ2) is 12.2. The van der Waals surface area contributed by atoms with E-state index in [1.165, 1.54) is 12.5 Å². The largest absolute Gasteiger partial charge is 0.493 e. The van der Waals surface area contributed by atoms with Gasteiger partial charge in [0.2, 0.25) is 0 Å². The number of esters is 1. The van der Waals surface area contributed by atoms with Gasteiger partial charge in [0.25, 0.3) is 0 Å². The van der Waals surface area contributed by atoms with Crippen molar-refractivity contribution in [2.24, 2.45) is 0 Å². The maximum absolute atomic E-state index is 11.8. The van der Waals surface area contributed by atoms with Gasteiger partial charge in [0, 0.05) is 29.6 Å². The number of rotatable bonds is 9. The SMILES string of the molecule is CCCC#CC(OC(C)=O)c1cc(OC(C)C)c(OC)cc1SCc1ccccc1. The van der Waals surface area contributed by atoms with Gasteiger partial charge in [-0.15, -0.1) is 11.8 Å². The van der Waals surface area contributed by atoms with Crippen LogP contribution in [-0.2, 0) is 15.3 Å². The summed E-state index contributed by atoms with van der Waals surface area (Å²) in [5.74, 6) is 7.90. The molecule has 2 rings (SSSR count). The van der Waals surface area contributed by atoms with Crippen molar-refractivity contribution in [1.82, 2.24) is 0 Å². The molecule has 0 aromatic heterocycles. The number of ether oxygens (including phenoxy) is 3. The number of hydrogen-bond acceptors (Lipinski definition) is 5. The maximum Gasteiger partial charge on any atom is 0.304 e. The molecule has 0 aliphatic rings. The van der Waals surface area contributed by atoms with E-state index in [0.717, 1.165) is 29.1 Å². The molecule has 0 aliphatic carbocycles. The monoisotopic (exact) mass is 426 g/mol. The standard InChI is InChI=1S/C25H30O4S/c1-6-7-9-14-22(29-19(4)26)21-15-24(28-18(2)3)23(27-5)16-25(21)30-17-20-12-10-8-11-13-20/h8,10-13,15-16,18,22H,6-7,17H2,1-5H3. The smallest absolute Gasteiger partial charge is 0.304 e. The molecule has 2 aromatic carbocycles. The zero-order valence-electron chi connectivity index (χ0n) is 18.4. The van der Waals surface area contributed by atoms with Crippen LogP contribution in [0.3, 0.4) is 0 Å². The van der Waals surface area contributed by atoms with Crippen LogP contribution in [0.1, 0.15) is 57.8 Å². The van der Waals surface area contributed by atoms with Crippen molar-refractivity contribution in [3.05, 3.63) is 53.6 Å². The molecule has 5 heteroatoms. The number of unbranched alkanes of at least 4 members (excludes halogenated alkanes) is 1. The highest BCUT2D eigenvalue weighted by molar-refractivity contribution is 7.98. The van der Waals surface area contributed by atoms with Gasteiger partial charge in [0.1, 0.15) is 0 Å². The van der Waals surface area contributed by atoms with Crippen molar-refractivity contribution in [3.8, 4) is 23.3 Å². The Bertz CT molecular complexity index is 881. The van der Waals surface area contributed by atoms with E-state index in [1.807, 2.05) is 44.2 Å². The lowest BCUT2D eigenvalue weighted by Crippen LogP contribution is -2.11. The predicted octanol–water partition coefficient (Wildman–Crippen LogP) is 6.18. The van der Waals surface area contributed by atoms with Crippen LogP contribution in [0.25, 0.3) is 0 Å². The first kappa shape index (κ1) is 23.7. The molecule has 30 heavy (non-hydrogen) atoms. The normalized spacial score (nSPS) is 11.4. The van der Waals surface area contributed by atoms with Crippen LogP contribution in [0, 0.1) is 11.8 Å². The molecule has 1 unspecified atom stereocenters. The third-order valence-electron chi connectivity index (χ3n) is 4.07. The van der Waals surface area contributed by atoms with Crippen LogP contribution in [-0.4, -0.2) is 19.2 Å². The summed E-state index contributed by atoms with van der Waals surface area (Å²) >= 11 is 1.66. The van der Waals surface area contributed by atoms with E-state index in [2.05, 4.69) is 30.9 Å². The predicted molar refractivity (Wildman–Crippen MR) is 122 cm³/mol. The Labute approximate surface area is 184 Å². The molecule has 0 radical (unpaired) electrons. The fourth-order valence-corrected chi connectivity index (χ4v) is 3.79. The van der Waals surface area contributed by atoms with Gasteiger partial charge < -0.3 is 14.2 Å². The lowest BCUT2D eigenvalue weighted by molar-refractivity contribution is -0.144. The third-order valence-corrected chi connectivity index (χ3v) is 5.21. The molecule has 2 aromatic rings. The fraction of sp³-hybridized carbons (Fsp3) is 0.400. The molecule has 0 saturated carbocycles. The van der Waals surface area contributed by atoms with Gasteiger partial charge in [-0.25, -0.2) is 0 Å². The first-order valence-corrected chi connectivity index (χ1v) is 11.1. The average Bonchev–Trinajstić information content (AvgIpc) is 2.72. The summed E-state index contributed by atoms with van der Waals surface area (Å²) in [7, 11) is 1.62. The Balaban J connectivity index is 2.49. The Kier molecular flexibility index (Phi) is 9.63. The van der Waals surface area contributed by atoms with Crippen molar-refractivity contribution in [2.75, 3.05) is 7.11 Å². The number of carbonyl (C=O) groups is 1. The fourth-order valence-electron chi connectivity index (χ4n) is 2.75. The van der Waals surface area contributed by atoms with Crippen LogP contribution in [0.4, 0.5) is 0 Å². The van der Waals surface area contributed by atoms with Gasteiger partial charge in [-0.2, -0.15) is 0 Å². The van der Waals surface area contributed by atoms with Gasteiger partial charge in [-0.3, -0.25) is 4.79 Å². The van der Waals surface area contributed by atoms with Gasteiger partial charge in [0.05, 0.1) is 13.2 Å². The van der Waals surface area contributed by atoms with E-state index in [1.54, 1.807) is 18.9 Å². The molecule has 4 nitrogen and oxygen atoms in total. The van der Waals surface area contributed by atoms with Crippen molar-refractivity contribution in [2.45, 2.75) is 63.4 Å². The Morgan fingerprint density at radius 1 is 1.13 bits per heavy atom. The minimum absolute atomic E-state index is 0.0204. The zero-order valence-corrected chi connectivity index (χ0v) is 19.2. The third kappa shape index (κ3) is 7.35. The van der Waals surface area contributed by atoms with Crippen LogP contribution in [0.5, 0.6) is 11.5 Å². The lowest BCUT2D eigenvalue weighted by atomic mass is 10.1. The van der Waals surface area contributed by atoms with Crippen molar-refractivity contribution >= 4 is 17.7 Å². The van der Waals surface area contributed by atoms with E-state index >= 15 is 0 Å². The van der Waals surface area contributed by atoms with Crippen molar-refractivity contribution < 1.29 is 19.0 Å². The summed E-state index contributed by atoms with van der Waals surface area (Å²) in [5, 5.41) is 0. The molecule has 0 bridgehead atoms. The second-order valence-electron chi connectivity index (χ2n) is 7.04. The summed E-state index contributed by atoms with van der Waals surface area (Å²) in [6.07, 6.45) is 1.01. The zero-order chi connectivity index (χ0) is 21.9. The van der Waals surface area contributed by atoms with Gasteiger partial charge in [-0.1, -0.05) is 49.1 Å². The first-order chi connectivity index (χ1) is 14.4. The van der Waals surface area contributed by atoms with Crippen LogP contribution < -0.4 is 9.47 Å². The molecule has 0 heterocycles. The maximum atomic E-state index is 11.8. The Morgan fingerprint density at radius 3 is 2.47 bits per heavy atom. The Morgan fingerprint density at radius 2 is 1.87 bits per heavy atom. The van der Waals surface area contributed by atoms with Gasteiger partial charge in [0.15, 0.2) is 17.6 Å². The molecule has 0 saturated heterocycles. The summed E-state index contributed by atoms with van der Waals surface area (Å²) < 4.78 is 17.1. The number of methoxy groups -OCH3 is 1. The molecular weight excluding hydrogens is 396 g/mol. The lowest BCUT2D eigenvalue weighted by Gasteiger charge is -2.20. The molecule has 0 N–H and O–H groups in total. The van der Waals surface area contributed by atoms with Crippen LogP contribution in [0.15, 0.2) is 47.4 Å². The minimum Gasteiger partial charge on any atom is -0.493 e. The number of thioether (sulfide) groups is 1. The molecule has 0 aliphatic heterocycles. The number of benzene rings is 2. The number of carbonyl (C=O) groups excluding carboxylic acids is 1. The Hall–Kier alpha value is -2.58. The summed E-state index contributed by atoms with van der Waals surface area (Å²) in [4.78, 5) is 12.7. The van der Waals surface area contributed by atoms with Crippen molar-refractivity contribution in [1.29, 1.82) is 0 Å². The highest BCUT2D eigenvalue weighted by Crippen LogP contribution is 2.40. The molecular formula is C25H30O4S. The summed E-state index contributed by atoms with van der Waals surface area (Å²) in [5.41, 5.74) is 2.02. The first-order valence-electron chi connectivity index (χ1n) is 10.2. The van der Waals surface area contributed by atoms with Crippen molar-refractivity contribution in [3.63, 3.8) is 0 Å². The summed E-state index contributed by atoms with van der Waals surface area (Å²) in [6.45, 7) is 7.39. The molecule has 0 amide bonds. The van der Waals surface area contributed by atoms with E-state index in [9.17, 15) is 4.79 Å². The van der Waals surface area contributed by atoms with E-state index in [4.69, 9.17) is 14.2 Å². The second-order valence-corrected chi connectivity index (χ2v) is 8.06. The highest BCUT2D eigenvalue weighted by Gasteiger charge is 2.21. The minimum atomic E-state index is -0.659. The van der Waals surface area contributed by atoms with Crippen LogP contribution in [0.2, 0.25) is 0 Å². The molecule has 160 valence electrons. The van der Waals surface area contributed by atoms with E-state index < -0.39 is 6.10 Å². The number of hydrogen-bond donors (Lipinski definition) is 0. The van der Waals surface area contributed by atoms with E-state index in [0.29, 0.717) is 11.5 Å². The van der Waals surface area contributed by atoms with Gasteiger partial charge >= 0.3 is 5.97 Å². The highest BCUT2D eigenvalue weighted by atomic mass is 32.2. The van der Waals surface area contributed by atoms with Crippen LogP contribution >= 0.6 is 11.8 Å². The quantitative estimate of drug-likeness (QED) is 0.272. The van der Waals surface area contributed by atoms with Gasteiger partial charge in [-0.05, 0) is 38.0 Å². The average molecular weight is 427 g/mol. The van der Waals surface area contributed by atoms with E-state index in [-0.39, 0.29) is 12.1 Å². The summed E-state index contributed by atoms with van der Waals surface area (Å²) in [6, 6.07) is 14.1. The molecule has 0 spiro atoms.